The number of halogens is 1. The van der Waals surface area contributed by atoms with Gasteiger partial charge >= 0.3 is 0 Å². The molecule has 128 valence electrons. The monoisotopic (exact) mass is 334 g/mol. The van der Waals surface area contributed by atoms with Gasteiger partial charge in [-0.05, 0) is 35.5 Å². The van der Waals surface area contributed by atoms with Crippen molar-refractivity contribution in [1.29, 1.82) is 0 Å². The SMILES string of the molecule is CC[C@]1(c2ccccc2)C2=C(CC(C)(C)C=C2)Nc2ncc(F)cc21. The average molecular weight is 334 g/mol. The van der Waals surface area contributed by atoms with Crippen LogP contribution in [0.15, 0.2) is 66.0 Å². The third kappa shape index (κ3) is 2.41. The molecule has 0 unspecified atom stereocenters. The van der Waals surface area contributed by atoms with Crippen molar-refractivity contribution in [1.82, 2.24) is 4.98 Å². The van der Waals surface area contributed by atoms with Gasteiger partial charge in [0.1, 0.15) is 11.6 Å². The zero-order valence-electron chi connectivity index (χ0n) is 14.9. The van der Waals surface area contributed by atoms with Crippen LogP contribution in [-0.2, 0) is 5.41 Å². The normalized spacial score (nSPS) is 23.7. The summed E-state index contributed by atoms with van der Waals surface area (Å²) in [6.07, 6.45) is 7.58. The summed E-state index contributed by atoms with van der Waals surface area (Å²) in [5, 5.41) is 3.49. The van der Waals surface area contributed by atoms with E-state index in [9.17, 15) is 4.39 Å². The lowest BCUT2D eigenvalue weighted by atomic mass is 9.62. The second-order valence-electron chi connectivity index (χ2n) is 7.69. The highest BCUT2D eigenvalue weighted by molar-refractivity contribution is 5.69. The molecular weight excluding hydrogens is 311 g/mol. The highest BCUT2D eigenvalue weighted by Gasteiger charge is 2.44. The maximum Gasteiger partial charge on any atom is 0.141 e. The van der Waals surface area contributed by atoms with E-state index in [4.69, 9.17) is 0 Å². The second kappa shape index (κ2) is 5.55. The number of nitrogens with zero attached hydrogens (tertiary/aromatic N) is 1. The summed E-state index contributed by atoms with van der Waals surface area (Å²) in [5.41, 5.74) is 4.26. The smallest absolute Gasteiger partial charge is 0.141 e. The number of anilines is 1. The van der Waals surface area contributed by atoms with Crippen LogP contribution < -0.4 is 5.32 Å². The quantitative estimate of drug-likeness (QED) is 0.775. The van der Waals surface area contributed by atoms with Crippen LogP contribution in [0.2, 0.25) is 0 Å². The van der Waals surface area contributed by atoms with Crippen molar-refractivity contribution in [3.05, 3.63) is 83.0 Å². The fourth-order valence-electron chi connectivity index (χ4n) is 4.30. The Balaban J connectivity index is 2.03. The van der Waals surface area contributed by atoms with Crippen LogP contribution in [0.3, 0.4) is 0 Å². The first-order valence-corrected chi connectivity index (χ1v) is 8.88. The van der Waals surface area contributed by atoms with Gasteiger partial charge in [0.25, 0.3) is 0 Å². The lowest BCUT2D eigenvalue weighted by Crippen LogP contribution is -2.38. The van der Waals surface area contributed by atoms with E-state index in [0.717, 1.165) is 24.2 Å². The first-order chi connectivity index (χ1) is 12.0. The number of aromatic nitrogens is 1. The van der Waals surface area contributed by atoms with Crippen molar-refractivity contribution in [2.75, 3.05) is 5.32 Å². The van der Waals surface area contributed by atoms with Crippen LogP contribution in [0, 0.1) is 11.2 Å². The predicted octanol–water partition coefficient (Wildman–Crippen LogP) is 5.58. The largest absolute Gasteiger partial charge is 0.343 e. The maximum absolute atomic E-state index is 14.1. The van der Waals surface area contributed by atoms with Gasteiger partial charge in [0.05, 0.1) is 11.6 Å². The van der Waals surface area contributed by atoms with E-state index in [-0.39, 0.29) is 16.6 Å². The summed E-state index contributed by atoms with van der Waals surface area (Å²) >= 11 is 0. The molecule has 0 fully saturated rings. The van der Waals surface area contributed by atoms with Crippen LogP contribution in [0.5, 0.6) is 0 Å². The van der Waals surface area contributed by atoms with Crippen molar-refractivity contribution in [3.8, 4) is 0 Å². The van der Waals surface area contributed by atoms with Crippen molar-refractivity contribution >= 4 is 5.82 Å². The highest BCUT2D eigenvalue weighted by atomic mass is 19.1. The Morgan fingerprint density at radius 3 is 2.68 bits per heavy atom. The number of pyridine rings is 1. The van der Waals surface area contributed by atoms with Crippen LogP contribution >= 0.6 is 0 Å². The number of hydrogen-bond donors (Lipinski definition) is 1. The number of nitrogens with one attached hydrogen (secondary N) is 1. The Labute approximate surface area is 148 Å². The molecule has 1 aromatic heterocycles. The molecule has 25 heavy (non-hydrogen) atoms. The Bertz CT molecular complexity index is 880. The predicted molar refractivity (Wildman–Crippen MR) is 99.9 cm³/mol. The molecular formula is C22H23FN2. The molecule has 3 heteroatoms. The number of rotatable bonds is 2. The van der Waals surface area contributed by atoms with Crippen molar-refractivity contribution in [3.63, 3.8) is 0 Å². The molecule has 1 aromatic carbocycles. The zero-order chi connectivity index (χ0) is 17.7. The summed E-state index contributed by atoms with van der Waals surface area (Å²) in [7, 11) is 0. The number of benzene rings is 1. The van der Waals surface area contributed by atoms with Gasteiger partial charge in [-0.15, -0.1) is 0 Å². The van der Waals surface area contributed by atoms with Gasteiger partial charge in [-0.3, -0.25) is 0 Å². The summed E-state index contributed by atoms with van der Waals surface area (Å²) in [6.45, 7) is 6.64. The van der Waals surface area contributed by atoms with E-state index in [1.165, 1.54) is 23.0 Å². The van der Waals surface area contributed by atoms with E-state index in [1.54, 1.807) is 6.07 Å². The minimum atomic E-state index is -0.376. The fourth-order valence-corrected chi connectivity index (χ4v) is 4.30. The molecule has 0 amide bonds. The second-order valence-corrected chi connectivity index (χ2v) is 7.69. The number of allylic oxidation sites excluding steroid dienone is 4. The first-order valence-electron chi connectivity index (χ1n) is 8.88. The highest BCUT2D eigenvalue weighted by Crippen LogP contribution is 2.52. The Morgan fingerprint density at radius 2 is 1.96 bits per heavy atom. The third-order valence-electron chi connectivity index (χ3n) is 5.50. The lowest BCUT2D eigenvalue weighted by Gasteiger charge is -2.44. The van der Waals surface area contributed by atoms with Gasteiger partial charge < -0.3 is 5.32 Å². The summed E-state index contributed by atoms with van der Waals surface area (Å²) < 4.78 is 14.1. The minimum Gasteiger partial charge on any atom is -0.343 e. The van der Waals surface area contributed by atoms with E-state index < -0.39 is 0 Å². The third-order valence-corrected chi connectivity index (χ3v) is 5.50. The lowest BCUT2D eigenvalue weighted by molar-refractivity contribution is 0.451. The van der Waals surface area contributed by atoms with Gasteiger partial charge in [0, 0.05) is 11.3 Å². The van der Waals surface area contributed by atoms with Gasteiger partial charge in [-0.1, -0.05) is 63.3 Å². The minimum absolute atomic E-state index is 0.0968. The fraction of sp³-hybridized carbons (Fsp3) is 0.318. The summed E-state index contributed by atoms with van der Waals surface area (Å²) in [4.78, 5) is 4.38. The topological polar surface area (TPSA) is 24.9 Å². The molecule has 0 spiro atoms. The maximum atomic E-state index is 14.1. The van der Waals surface area contributed by atoms with Gasteiger partial charge in [-0.25, -0.2) is 9.37 Å². The van der Waals surface area contributed by atoms with Gasteiger partial charge in [0.2, 0.25) is 0 Å². The molecule has 4 rings (SSSR count). The Kier molecular flexibility index (Phi) is 3.57. The standard InChI is InChI=1S/C22H23FN2/c1-4-22(15-8-6-5-7-9-15)17-10-11-21(2,3)13-19(17)25-20-18(22)12-16(23)14-24-20/h5-12,14H,4,13H2,1-3H3,(H,24,25)/t22-/m0/s1. The first kappa shape index (κ1) is 16.1. The van der Waals surface area contributed by atoms with Crippen molar-refractivity contribution in [2.45, 2.75) is 39.0 Å². The average Bonchev–Trinajstić information content (AvgIpc) is 2.60. The van der Waals surface area contributed by atoms with Gasteiger partial charge in [0.15, 0.2) is 0 Å². The van der Waals surface area contributed by atoms with E-state index in [1.807, 2.05) is 6.07 Å². The van der Waals surface area contributed by atoms with E-state index in [0.29, 0.717) is 0 Å². The zero-order valence-corrected chi connectivity index (χ0v) is 14.9. The van der Waals surface area contributed by atoms with Gasteiger partial charge in [-0.2, -0.15) is 0 Å². The molecule has 1 aliphatic heterocycles. The van der Waals surface area contributed by atoms with Crippen LogP contribution in [0.1, 0.15) is 44.7 Å². The summed E-state index contributed by atoms with van der Waals surface area (Å²) in [6, 6.07) is 12.1. The number of hydrogen-bond acceptors (Lipinski definition) is 2. The molecule has 2 heterocycles. The number of fused-ring (bicyclic) bond motifs is 1. The molecule has 0 saturated heterocycles. The molecule has 2 aromatic rings. The Morgan fingerprint density at radius 1 is 1.20 bits per heavy atom. The molecule has 1 atom stereocenters. The van der Waals surface area contributed by atoms with Crippen LogP contribution in [-0.4, -0.2) is 4.98 Å². The van der Waals surface area contributed by atoms with E-state index >= 15 is 0 Å². The molecule has 2 aliphatic rings. The molecule has 1 aliphatic carbocycles. The Hall–Kier alpha value is -2.42. The summed E-state index contributed by atoms with van der Waals surface area (Å²) in [5.74, 6) is 0.482. The molecule has 0 saturated carbocycles. The van der Waals surface area contributed by atoms with Crippen molar-refractivity contribution < 1.29 is 4.39 Å². The molecule has 0 bridgehead atoms. The molecule has 1 N–H and O–H groups in total. The van der Waals surface area contributed by atoms with Crippen LogP contribution in [0.4, 0.5) is 10.2 Å². The van der Waals surface area contributed by atoms with E-state index in [2.05, 4.69) is 67.5 Å². The van der Waals surface area contributed by atoms with Crippen molar-refractivity contribution in [2.24, 2.45) is 5.41 Å². The molecule has 0 radical (unpaired) electrons. The molecule has 2 nitrogen and oxygen atoms in total. The van der Waals surface area contributed by atoms with Crippen LogP contribution in [0.25, 0.3) is 0 Å².